The molecular formula is C20H30N2O3. The number of ether oxygens (including phenoxy) is 1. The van der Waals surface area contributed by atoms with Crippen LogP contribution in [0.2, 0.25) is 0 Å². The van der Waals surface area contributed by atoms with Gasteiger partial charge in [-0.15, -0.1) is 0 Å². The van der Waals surface area contributed by atoms with E-state index in [1.165, 1.54) is 12.5 Å². The van der Waals surface area contributed by atoms with Gasteiger partial charge in [-0.2, -0.15) is 0 Å². The van der Waals surface area contributed by atoms with Crippen LogP contribution in [-0.2, 0) is 16.0 Å². The summed E-state index contributed by atoms with van der Waals surface area (Å²) < 4.78 is 5.16. The number of amides is 2. The van der Waals surface area contributed by atoms with Crippen LogP contribution in [0.25, 0.3) is 0 Å². The quantitative estimate of drug-likeness (QED) is 0.760. The Hall–Kier alpha value is -2.04. The fourth-order valence-corrected chi connectivity index (χ4v) is 3.49. The molecule has 0 heterocycles. The van der Waals surface area contributed by atoms with Crippen molar-refractivity contribution in [2.45, 2.75) is 64.5 Å². The van der Waals surface area contributed by atoms with Crippen molar-refractivity contribution in [3.63, 3.8) is 0 Å². The Balaban J connectivity index is 1.84. The predicted molar refractivity (Wildman–Crippen MR) is 98.5 cm³/mol. The van der Waals surface area contributed by atoms with Gasteiger partial charge in [-0.05, 0) is 56.2 Å². The zero-order chi connectivity index (χ0) is 18.2. The monoisotopic (exact) mass is 346 g/mol. The van der Waals surface area contributed by atoms with E-state index in [1.54, 1.807) is 7.11 Å². The van der Waals surface area contributed by atoms with Gasteiger partial charge in [-0.25, -0.2) is 0 Å². The van der Waals surface area contributed by atoms with Crippen LogP contribution in [0, 0.1) is 5.92 Å². The van der Waals surface area contributed by atoms with E-state index in [0.29, 0.717) is 0 Å². The van der Waals surface area contributed by atoms with Crippen LogP contribution in [0.5, 0.6) is 5.75 Å². The fraction of sp³-hybridized carbons (Fsp3) is 0.600. The number of aryl methyl sites for hydroxylation is 1. The van der Waals surface area contributed by atoms with E-state index in [-0.39, 0.29) is 23.8 Å². The number of rotatable bonds is 8. The molecule has 138 valence electrons. The van der Waals surface area contributed by atoms with Gasteiger partial charge < -0.3 is 15.4 Å². The molecule has 0 spiro atoms. The number of carbonyl (C=O) groups excluding carboxylic acids is 2. The van der Waals surface area contributed by atoms with Crippen molar-refractivity contribution in [1.29, 1.82) is 0 Å². The number of benzene rings is 1. The summed E-state index contributed by atoms with van der Waals surface area (Å²) in [5.74, 6) is 0.916. The second-order valence-corrected chi connectivity index (χ2v) is 7.02. The third-order valence-corrected chi connectivity index (χ3v) is 4.93. The lowest BCUT2D eigenvalue weighted by Crippen LogP contribution is -2.51. The highest BCUT2D eigenvalue weighted by atomic mass is 16.5. The Morgan fingerprint density at radius 2 is 1.80 bits per heavy atom. The third-order valence-electron chi connectivity index (χ3n) is 4.93. The lowest BCUT2D eigenvalue weighted by Gasteiger charge is -2.25. The second kappa shape index (κ2) is 9.44. The van der Waals surface area contributed by atoms with Crippen LogP contribution in [0.15, 0.2) is 24.3 Å². The maximum absolute atomic E-state index is 12.6. The molecule has 2 N–H and O–H groups in total. The molecule has 1 fully saturated rings. The fourth-order valence-electron chi connectivity index (χ4n) is 3.49. The van der Waals surface area contributed by atoms with Crippen molar-refractivity contribution >= 4 is 11.8 Å². The Morgan fingerprint density at radius 3 is 2.36 bits per heavy atom. The summed E-state index contributed by atoms with van der Waals surface area (Å²) in [6.07, 6.45) is 6.05. The smallest absolute Gasteiger partial charge is 0.243 e. The molecule has 0 aliphatic heterocycles. The zero-order valence-electron chi connectivity index (χ0n) is 15.5. The number of carbonyl (C=O) groups is 2. The van der Waals surface area contributed by atoms with Crippen LogP contribution < -0.4 is 15.4 Å². The molecule has 2 amide bonds. The second-order valence-electron chi connectivity index (χ2n) is 7.02. The molecule has 5 nitrogen and oxygen atoms in total. The van der Waals surface area contributed by atoms with Gasteiger partial charge in [0.15, 0.2) is 0 Å². The molecule has 25 heavy (non-hydrogen) atoms. The highest BCUT2D eigenvalue weighted by Gasteiger charge is 2.31. The normalized spacial score (nSPS) is 16.9. The van der Waals surface area contributed by atoms with Crippen molar-refractivity contribution in [1.82, 2.24) is 10.6 Å². The molecule has 0 saturated heterocycles. The van der Waals surface area contributed by atoms with Crippen LogP contribution in [0.3, 0.4) is 0 Å². The van der Waals surface area contributed by atoms with Crippen molar-refractivity contribution in [3.8, 4) is 5.75 Å². The Labute approximate surface area is 150 Å². The van der Waals surface area contributed by atoms with E-state index in [4.69, 9.17) is 4.74 Å². The molecule has 2 atom stereocenters. The highest BCUT2D eigenvalue weighted by molar-refractivity contribution is 5.87. The largest absolute Gasteiger partial charge is 0.497 e. The molecule has 0 bridgehead atoms. The van der Waals surface area contributed by atoms with Crippen LogP contribution in [0.1, 0.15) is 51.5 Å². The molecule has 5 heteroatoms. The molecule has 0 unspecified atom stereocenters. The predicted octanol–water partition coefficient (Wildman–Crippen LogP) is 2.83. The molecule has 1 aliphatic carbocycles. The summed E-state index contributed by atoms with van der Waals surface area (Å²) >= 11 is 0. The van der Waals surface area contributed by atoms with Gasteiger partial charge in [0.25, 0.3) is 0 Å². The average Bonchev–Trinajstić information content (AvgIpc) is 3.12. The number of hydrogen-bond acceptors (Lipinski definition) is 3. The van der Waals surface area contributed by atoms with Gasteiger partial charge in [0.05, 0.1) is 7.11 Å². The molecule has 1 aromatic rings. The van der Waals surface area contributed by atoms with Crippen LogP contribution in [0.4, 0.5) is 0 Å². The van der Waals surface area contributed by atoms with Gasteiger partial charge in [0.1, 0.15) is 11.8 Å². The summed E-state index contributed by atoms with van der Waals surface area (Å²) in [5.41, 5.74) is 1.22. The topological polar surface area (TPSA) is 67.4 Å². The SMILES string of the molecule is COc1ccc(CC[C@@H](C)NC(=O)[C@@H](NC(C)=O)C2CCCC2)cc1. The van der Waals surface area contributed by atoms with Gasteiger partial charge in [0, 0.05) is 13.0 Å². The lowest BCUT2D eigenvalue weighted by atomic mass is 9.96. The summed E-state index contributed by atoms with van der Waals surface area (Å²) in [6.45, 7) is 3.49. The highest BCUT2D eigenvalue weighted by Crippen LogP contribution is 2.28. The number of nitrogens with one attached hydrogen (secondary N) is 2. The number of methoxy groups -OCH3 is 1. The Morgan fingerprint density at radius 1 is 1.16 bits per heavy atom. The van der Waals surface area contributed by atoms with Gasteiger partial charge in [-0.1, -0.05) is 25.0 Å². The molecule has 1 aliphatic rings. The van der Waals surface area contributed by atoms with Crippen molar-refractivity contribution < 1.29 is 14.3 Å². The maximum Gasteiger partial charge on any atom is 0.243 e. The van der Waals surface area contributed by atoms with Gasteiger partial charge in [0.2, 0.25) is 11.8 Å². The summed E-state index contributed by atoms with van der Waals surface area (Å²) in [4.78, 5) is 24.1. The van der Waals surface area contributed by atoms with Gasteiger partial charge >= 0.3 is 0 Å². The molecule has 1 saturated carbocycles. The Bertz CT molecular complexity index is 565. The molecule has 2 rings (SSSR count). The lowest BCUT2D eigenvalue weighted by molar-refractivity contribution is -0.129. The number of hydrogen-bond donors (Lipinski definition) is 2. The minimum Gasteiger partial charge on any atom is -0.497 e. The minimum atomic E-state index is -0.400. The minimum absolute atomic E-state index is 0.0515. The van der Waals surface area contributed by atoms with Crippen LogP contribution >= 0.6 is 0 Å². The summed E-state index contributed by atoms with van der Waals surface area (Å²) in [7, 11) is 1.66. The Kier molecular flexibility index (Phi) is 7.29. The molecule has 1 aromatic carbocycles. The van der Waals surface area contributed by atoms with E-state index in [9.17, 15) is 9.59 Å². The van der Waals surface area contributed by atoms with E-state index in [1.807, 2.05) is 31.2 Å². The molecular weight excluding hydrogens is 316 g/mol. The van der Waals surface area contributed by atoms with E-state index in [0.717, 1.165) is 44.3 Å². The first-order valence-electron chi connectivity index (χ1n) is 9.20. The van der Waals surface area contributed by atoms with E-state index in [2.05, 4.69) is 10.6 Å². The molecule has 0 radical (unpaired) electrons. The van der Waals surface area contributed by atoms with Crippen LogP contribution in [-0.4, -0.2) is 31.0 Å². The first kappa shape index (κ1) is 19.3. The standard InChI is InChI=1S/C20H30N2O3/c1-14(8-9-16-10-12-18(25-3)13-11-16)21-20(24)19(22-15(2)23)17-6-4-5-7-17/h10-14,17,19H,4-9H2,1-3H3,(H,21,24)(H,22,23)/t14-,19+/m1/s1. The van der Waals surface area contributed by atoms with Crippen molar-refractivity contribution in [3.05, 3.63) is 29.8 Å². The van der Waals surface area contributed by atoms with Crippen molar-refractivity contribution in [2.75, 3.05) is 7.11 Å². The third kappa shape index (κ3) is 6.07. The zero-order valence-corrected chi connectivity index (χ0v) is 15.5. The van der Waals surface area contributed by atoms with E-state index >= 15 is 0 Å². The molecule has 0 aromatic heterocycles. The van der Waals surface area contributed by atoms with Crippen molar-refractivity contribution in [2.24, 2.45) is 5.92 Å². The summed E-state index contributed by atoms with van der Waals surface area (Å²) in [5, 5.41) is 5.93. The first-order valence-corrected chi connectivity index (χ1v) is 9.20. The maximum atomic E-state index is 12.6. The summed E-state index contributed by atoms with van der Waals surface area (Å²) in [6, 6.07) is 7.66. The van der Waals surface area contributed by atoms with E-state index < -0.39 is 6.04 Å². The van der Waals surface area contributed by atoms with Gasteiger partial charge in [-0.3, -0.25) is 9.59 Å². The average molecular weight is 346 g/mol. The first-order chi connectivity index (χ1) is 12.0.